The Morgan fingerprint density at radius 2 is 1.35 bits per heavy atom. The molecule has 0 aliphatic heterocycles. The van der Waals surface area contributed by atoms with E-state index in [1.165, 1.54) is 0 Å². The van der Waals surface area contributed by atoms with Crippen LogP contribution in [0.2, 0.25) is 0 Å². The second kappa shape index (κ2) is 10.1. The van der Waals surface area contributed by atoms with Crippen LogP contribution < -0.4 is 0 Å². The van der Waals surface area contributed by atoms with E-state index in [1.54, 1.807) is 0 Å². The van der Waals surface area contributed by atoms with Crippen LogP contribution in [-0.4, -0.2) is 25.7 Å². The van der Waals surface area contributed by atoms with E-state index in [0.29, 0.717) is 6.42 Å². The van der Waals surface area contributed by atoms with Gasteiger partial charge in [0.2, 0.25) is 0 Å². The third kappa shape index (κ3) is 11.1. The Hall–Kier alpha value is 0.350. The monoisotopic (exact) mass is 451 g/mol. The van der Waals surface area contributed by atoms with Crippen molar-refractivity contribution in [3.8, 4) is 0 Å². The minimum atomic E-state index is -3.90. The minimum Gasteiger partial charge on any atom is -0.324 e. The summed E-state index contributed by atoms with van der Waals surface area (Å²) in [5, 5.41) is 1.49. The molecule has 4 N–H and O–H groups in total. The number of rotatable bonds is 5. The molecule has 20 heavy (non-hydrogen) atoms. The lowest BCUT2D eigenvalue weighted by Gasteiger charge is -2.08. The number of hydrogen-bond acceptors (Lipinski definition) is 2. The molecule has 0 aliphatic rings. The number of benzene rings is 1. The summed E-state index contributed by atoms with van der Waals surface area (Å²) in [7, 11) is -6.77. The Bertz CT molecular complexity index is 464. The fourth-order valence-electron chi connectivity index (χ4n) is 1.41. The van der Waals surface area contributed by atoms with Gasteiger partial charge in [0, 0.05) is 15.2 Å². The summed E-state index contributed by atoms with van der Waals surface area (Å²) in [5.41, 5.74) is 3.21. The molecule has 0 aromatic heterocycles. The smallest absolute Gasteiger partial charge is 0.324 e. The first-order chi connectivity index (χ1) is 9.17. The summed E-state index contributed by atoms with van der Waals surface area (Å²) < 4.78 is 19.5. The molecule has 6 nitrogen and oxygen atoms in total. The first-order valence-electron chi connectivity index (χ1n) is 5.31. The van der Waals surface area contributed by atoms with Gasteiger partial charge in [-0.15, -0.1) is 9.79 Å². The predicted molar refractivity (Wildman–Crippen MR) is 84.4 cm³/mol. The van der Waals surface area contributed by atoms with Crippen molar-refractivity contribution < 1.29 is 28.7 Å². The molecule has 0 fully saturated rings. The summed E-state index contributed by atoms with van der Waals surface area (Å²) >= 11 is 6.75. The molecule has 0 spiro atoms. The highest BCUT2D eigenvalue weighted by atomic mass is 79.9. The van der Waals surface area contributed by atoms with Crippen molar-refractivity contribution in [2.45, 2.75) is 17.1 Å². The van der Waals surface area contributed by atoms with Gasteiger partial charge in [0.1, 0.15) is 0 Å². The van der Waals surface area contributed by atoms with Crippen LogP contribution in [-0.2, 0) is 26.2 Å². The highest BCUT2D eigenvalue weighted by molar-refractivity contribution is 9.08. The molecule has 1 aromatic carbocycles. The van der Waals surface area contributed by atoms with Gasteiger partial charge in [0.05, 0.1) is 6.16 Å². The zero-order valence-corrected chi connectivity index (χ0v) is 15.3. The molecule has 10 heteroatoms. The summed E-state index contributed by atoms with van der Waals surface area (Å²) in [5.74, 6) is 0. The van der Waals surface area contributed by atoms with Crippen LogP contribution >= 0.6 is 47.7 Å². The van der Waals surface area contributed by atoms with E-state index in [0.717, 1.165) is 27.4 Å². The van der Waals surface area contributed by atoms with Crippen molar-refractivity contribution >= 4 is 47.7 Å². The number of aryl methyl sites for hydroxylation is 1. The normalized spacial score (nSPS) is 10.7. The van der Waals surface area contributed by atoms with Crippen LogP contribution in [0.3, 0.4) is 0 Å². The predicted octanol–water partition coefficient (Wildman–Crippen LogP) is 2.83. The maximum absolute atomic E-state index is 10.8. The number of hydrogen-bond donors (Lipinski definition) is 4. The van der Waals surface area contributed by atoms with Crippen molar-refractivity contribution in [1.29, 1.82) is 0 Å². The van der Waals surface area contributed by atoms with Gasteiger partial charge < -0.3 is 9.79 Å². The summed E-state index contributed by atoms with van der Waals surface area (Å²) in [6, 6.07) is 6.00. The van der Waals surface area contributed by atoms with Gasteiger partial charge in [-0.3, -0.25) is 4.57 Å². The first kappa shape index (κ1) is 20.3. The van der Waals surface area contributed by atoms with Crippen LogP contribution in [0, 0.1) is 0 Å². The molecule has 0 amide bonds. The highest BCUT2D eigenvalue weighted by Gasteiger charge is 2.12. The average Bonchev–Trinajstić information content (AvgIpc) is 2.34. The van der Waals surface area contributed by atoms with Crippen LogP contribution in [0.1, 0.15) is 16.7 Å². The van der Waals surface area contributed by atoms with Crippen molar-refractivity contribution in [2.75, 3.05) is 6.16 Å². The molecule has 0 heterocycles. The zero-order chi connectivity index (χ0) is 15.8. The topological polar surface area (TPSA) is 115 Å². The van der Waals surface area contributed by atoms with Gasteiger partial charge in [0.15, 0.2) is 0 Å². The molecule has 0 saturated carbocycles. The Morgan fingerprint density at radius 3 is 1.65 bits per heavy atom. The van der Waals surface area contributed by atoms with E-state index < -0.39 is 15.9 Å². The maximum Gasteiger partial charge on any atom is 0.692 e. The SMILES string of the molecule is O=P(O)(O)CCc1cc(CBr)cc(CBr)c1.O=[P+](O)O. The minimum absolute atomic E-state index is 0.0968. The maximum atomic E-state index is 10.8. The van der Waals surface area contributed by atoms with Gasteiger partial charge in [-0.05, 0) is 23.1 Å². The fraction of sp³-hybridized carbons (Fsp3) is 0.400. The van der Waals surface area contributed by atoms with Crippen molar-refractivity contribution in [3.05, 3.63) is 34.9 Å². The lowest BCUT2D eigenvalue weighted by atomic mass is 10.1. The fourth-order valence-corrected chi connectivity index (χ4v) is 2.61. The van der Waals surface area contributed by atoms with Crippen molar-refractivity contribution in [3.63, 3.8) is 0 Å². The Labute approximate surface area is 134 Å². The first-order valence-corrected chi connectivity index (χ1v) is 10.5. The number of halogens is 2. The van der Waals surface area contributed by atoms with E-state index in [4.69, 9.17) is 24.1 Å². The molecule has 0 bridgehead atoms. The second-order valence-electron chi connectivity index (χ2n) is 3.82. The lowest BCUT2D eigenvalue weighted by molar-refractivity contribution is 0.373. The van der Waals surface area contributed by atoms with Crippen molar-refractivity contribution in [2.24, 2.45) is 0 Å². The molecule has 0 atom stereocenters. The van der Waals surface area contributed by atoms with Gasteiger partial charge >= 0.3 is 15.9 Å². The van der Waals surface area contributed by atoms with E-state index in [9.17, 15) is 4.57 Å². The quantitative estimate of drug-likeness (QED) is 0.403. The van der Waals surface area contributed by atoms with Gasteiger partial charge in [-0.1, -0.05) is 50.1 Å². The summed E-state index contributed by atoms with van der Waals surface area (Å²) in [6.07, 6.45) is 0.311. The van der Waals surface area contributed by atoms with Gasteiger partial charge in [-0.2, -0.15) is 0 Å². The van der Waals surface area contributed by atoms with Crippen molar-refractivity contribution in [1.82, 2.24) is 0 Å². The molecule has 0 aliphatic carbocycles. The van der Waals surface area contributed by atoms with Crippen LogP contribution in [0.4, 0.5) is 0 Å². The zero-order valence-electron chi connectivity index (χ0n) is 10.3. The van der Waals surface area contributed by atoms with Crippen LogP contribution in [0.25, 0.3) is 0 Å². The summed E-state index contributed by atoms with van der Waals surface area (Å²) in [4.78, 5) is 31.9. The molecule has 1 aromatic rings. The third-order valence-electron chi connectivity index (χ3n) is 2.11. The average molecular weight is 453 g/mol. The Kier molecular flexibility index (Phi) is 10.3. The number of alkyl halides is 2. The van der Waals surface area contributed by atoms with Gasteiger partial charge in [0.25, 0.3) is 0 Å². The molecule has 0 radical (unpaired) electrons. The second-order valence-corrected chi connectivity index (χ2v) is 7.22. The molecule has 114 valence electrons. The van der Waals surface area contributed by atoms with E-state index >= 15 is 0 Å². The molecular formula is C10H15Br2O6P2+. The van der Waals surface area contributed by atoms with Gasteiger partial charge in [-0.25, -0.2) is 0 Å². The molecule has 0 saturated heterocycles. The third-order valence-corrected chi connectivity index (χ3v) is 4.21. The summed E-state index contributed by atoms with van der Waals surface area (Å²) in [6.45, 7) is 0. The highest BCUT2D eigenvalue weighted by Crippen LogP contribution is 2.35. The molecule has 1 rings (SSSR count). The Balaban J connectivity index is 0.000000796. The Morgan fingerprint density at radius 1 is 1.00 bits per heavy atom. The van der Waals surface area contributed by atoms with E-state index in [-0.39, 0.29) is 6.16 Å². The molecular weight excluding hydrogens is 438 g/mol. The lowest BCUT2D eigenvalue weighted by Crippen LogP contribution is -1.96. The van der Waals surface area contributed by atoms with E-state index in [1.807, 2.05) is 12.1 Å². The van der Waals surface area contributed by atoms with Crippen LogP contribution in [0.15, 0.2) is 18.2 Å². The van der Waals surface area contributed by atoms with E-state index in [2.05, 4.69) is 37.9 Å². The van der Waals surface area contributed by atoms with Crippen LogP contribution in [0.5, 0.6) is 0 Å². The molecule has 0 unspecified atom stereocenters. The standard InChI is InChI=1S/C10H13Br2O3P.HO3P/c11-6-9-3-8(1-2-16(13,14)15)4-10(5-9)7-12;1-4(2)3/h3-5H,1-2,6-7H2,(H2,13,14,15);(H-,1,2,3)/p+1. The largest absolute Gasteiger partial charge is 0.692 e.